The molecule has 0 radical (unpaired) electrons. The lowest BCUT2D eigenvalue weighted by Gasteiger charge is -2.22. The maximum absolute atomic E-state index is 12.8. The average molecular weight is 221 g/mol. The van der Waals surface area contributed by atoms with Gasteiger partial charge in [-0.1, -0.05) is 0 Å². The number of alkyl halides is 1. The second-order valence-corrected chi connectivity index (χ2v) is 4.14. The van der Waals surface area contributed by atoms with E-state index < -0.39 is 29.9 Å². The van der Waals surface area contributed by atoms with Crippen molar-refractivity contribution in [2.45, 2.75) is 45.5 Å². The predicted octanol–water partition coefficient (Wildman–Crippen LogP) is 1.32. The summed E-state index contributed by atoms with van der Waals surface area (Å²) in [5, 5.41) is 10.5. The van der Waals surface area contributed by atoms with Gasteiger partial charge in [-0.15, -0.1) is 0 Å². The number of halogens is 1. The number of hydrogen-bond donors (Lipinski definition) is 2. The first-order valence-corrected chi connectivity index (χ1v) is 4.50. The molecule has 0 bridgehead atoms. The fraction of sp³-hybridized carbons (Fsp3) is 0.778. The third-order valence-corrected chi connectivity index (χ3v) is 1.40. The first-order chi connectivity index (χ1) is 6.63. The molecule has 0 aliphatic heterocycles. The van der Waals surface area contributed by atoms with Crippen LogP contribution in [0.15, 0.2) is 0 Å². The highest BCUT2D eigenvalue weighted by Crippen LogP contribution is 2.07. The monoisotopic (exact) mass is 221 g/mol. The van der Waals surface area contributed by atoms with Gasteiger partial charge in [0, 0.05) is 0 Å². The van der Waals surface area contributed by atoms with E-state index in [1.54, 1.807) is 20.8 Å². The van der Waals surface area contributed by atoms with Gasteiger partial charge >= 0.3 is 12.1 Å². The van der Waals surface area contributed by atoms with Crippen LogP contribution >= 0.6 is 0 Å². The van der Waals surface area contributed by atoms with Crippen LogP contribution in [-0.2, 0) is 9.53 Å². The van der Waals surface area contributed by atoms with Crippen molar-refractivity contribution in [3.05, 3.63) is 0 Å². The van der Waals surface area contributed by atoms with Crippen molar-refractivity contribution in [3.8, 4) is 0 Å². The minimum Gasteiger partial charge on any atom is -0.480 e. The number of alkyl carbamates (subject to hydrolysis) is 1. The van der Waals surface area contributed by atoms with Gasteiger partial charge in [0.25, 0.3) is 0 Å². The molecule has 6 heteroatoms. The van der Waals surface area contributed by atoms with E-state index in [0.29, 0.717) is 0 Å². The van der Waals surface area contributed by atoms with Gasteiger partial charge in [0.05, 0.1) is 0 Å². The predicted molar refractivity (Wildman–Crippen MR) is 51.4 cm³/mol. The van der Waals surface area contributed by atoms with Gasteiger partial charge in [-0.2, -0.15) is 0 Å². The maximum Gasteiger partial charge on any atom is 0.408 e. The zero-order valence-corrected chi connectivity index (χ0v) is 9.20. The Hall–Kier alpha value is -1.33. The molecule has 0 fully saturated rings. The molecule has 15 heavy (non-hydrogen) atoms. The fourth-order valence-corrected chi connectivity index (χ4v) is 0.808. The van der Waals surface area contributed by atoms with Crippen molar-refractivity contribution >= 4 is 12.1 Å². The van der Waals surface area contributed by atoms with Gasteiger partial charge in [0.1, 0.15) is 11.8 Å². The first kappa shape index (κ1) is 13.7. The van der Waals surface area contributed by atoms with E-state index in [-0.39, 0.29) is 0 Å². The van der Waals surface area contributed by atoms with Gasteiger partial charge in [0.15, 0.2) is 6.04 Å². The number of hydrogen-bond acceptors (Lipinski definition) is 3. The number of rotatable bonds is 3. The Morgan fingerprint density at radius 1 is 1.40 bits per heavy atom. The summed E-state index contributed by atoms with van der Waals surface area (Å²) in [5.74, 6) is -1.43. The number of amides is 1. The van der Waals surface area contributed by atoms with Crippen LogP contribution in [0.25, 0.3) is 0 Å². The molecule has 0 saturated heterocycles. The van der Waals surface area contributed by atoms with Crippen LogP contribution in [0.4, 0.5) is 9.18 Å². The van der Waals surface area contributed by atoms with Crippen LogP contribution in [0, 0.1) is 0 Å². The molecule has 0 spiro atoms. The third kappa shape index (κ3) is 5.87. The van der Waals surface area contributed by atoms with Crippen LogP contribution in [0.5, 0.6) is 0 Å². The molecular formula is C9H16FNO4. The highest BCUT2D eigenvalue weighted by atomic mass is 19.1. The lowest BCUT2D eigenvalue weighted by atomic mass is 10.2. The summed E-state index contributed by atoms with van der Waals surface area (Å²) in [4.78, 5) is 21.6. The Morgan fingerprint density at radius 3 is 2.13 bits per heavy atom. The standard InChI is InChI=1S/C9H16FNO4/c1-5(10)6(7(12)13)11-8(14)15-9(2,3)4/h5-6H,1-4H3,(H,11,14)(H,12,13)/t5-,6-/m1/s1. The molecule has 88 valence electrons. The highest BCUT2D eigenvalue weighted by Gasteiger charge is 2.28. The number of carbonyl (C=O) groups is 2. The molecule has 0 saturated carbocycles. The molecule has 0 aliphatic rings. The lowest BCUT2D eigenvalue weighted by Crippen LogP contribution is -2.47. The van der Waals surface area contributed by atoms with E-state index in [1.807, 2.05) is 5.32 Å². The number of aliphatic carboxylic acids is 1. The topological polar surface area (TPSA) is 75.6 Å². The summed E-state index contributed by atoms with van der Waals surface area (Å²) >= 11 is 0. The summed E-state index contributed by atoms with van der Waals surface area (Å²) < 4.78 is 17.5. The molecule has 1 amide bonds. The molecule has 0 rings (SSSR count). The van der Waals surface area contributed by atoms with Crippen molar-refractivity contribution in [1.29, 1.82) is 0 Å². The summed E-state index contributed by atoms with van der Waals surface area (Å²) in [6.07, 6.45) is -2.63. The number of nitrogens with one attached hydrogen (secondary N) is 1. The highest BCUT2D eigenvalue weighted by molar-refractivity contribution is 5.80. The quantitative estimate of drug-likeness (QED) is 0.753. The molecule has 2 atom stereocenters. The lowest BCUT2D eigenvalue weighted by molar-refractivity contribution is -0.141. The summed E-state index contributed by atoms with van der Waals surface area (Å²) in [6.45, 7) is 5.93. The minimum atomic E-state index is -1.69. The van der Waals surface area contributed by atoms with Crippen LogP contribution in [0.3, 0.4) is 0 Å². The SMILES string of the molecule is C[C@@H](F)[C@@H](NC(=O)OC(C)(C)C)C(=O)O. The minimum absolute atomic E-state index is 0.743. The van der Waals surface area contributed by atoms with Crippen molar-refractivity contribution in [1.82, 2.24) is 5.32 Å². The Morgan fingerprint density at radius 2 is 1.87 bits per heavy atom. The van der Waals surface area contributed by atoms with Crippen LogP contribution < -0.4 is 5.32 Å². The van der Waals surface area contributed by atoms with Crippen molar-refractivity contribution < 1.29 is 23.8 Å². The Balaban J connectivity index is 4.31. The van der Waals surface area contributed by atoms with Crippen molar-refractivity contribution in [3.63, 3.8) is 0 Å². The van der Waals surface area contributed by atoms with Crippen molar-refractivity contribution in [2.75, 3.05) is 0 Å². The van der Waals surface area contributed by atoms with E-state index in [4.69, 9.17) is 9.84 Å². The number of ether oxygens (including phenoxy) is 1. The normalized spacial score (nSPS) is 15.3. The van der Waals surface area contributed by atoms with Gasteiger partial charge in [-0.05, 0) is 27.7 Å². The molecule has 0 aliphatic carbocycles. The van der Waals surface area contributed by atoms with E-state index in [1.165, 1.54) is 0 Å². The molecule has 0 aromatic carbocycles. The van der Waals surface area contributed by atoms with Crippen LogP contribution in [0.2, 0.25) is 0 Å². The number of carbonyl (C=O) groups excluding carboxylic acids is 1. The fourth-order valence-electron chi connectivity index (χ4n) is 0.808. The number of carboxylic acid groups (broad SMARTS) is 1. The summed E-state index contributed by atoms with van der Waals surface area (Å²) in [7, 11) is 0. The average Bonchev–Trinajstić information content (AvgIpc) is 1.95. The van der Waals surface area contributed by atoms with Crippen LogP contribution in [0.1, 0.15) is 27.7 Å². The van der Waals surface area contributed by atoms with Gasteiger partial charge in [-0.3, -0.25) is 0 Å². The van der Waals surface area contributed by atoms with E-state index in [9.17, 15) is 14.0 Å². The third-order valence-electron chi connectivity index (χ3n) is 1.40. The second kappa shape index (κ2) is 4.95. The Bertz CT molecular complexity index is 247. The number of carboxylic acids is 1. The van der Waals surface area contributed by atoms with Gasteiger partial charge in [-0.25, -0.2) is 14.0 Å². The van der Waals surface area contributed by atoms with E-state index >= 15 is 0 Å². The first-order valence-electron chi connectivity index (χ1n) is 4.50. The summed E-state index contributed by atoms with van der Waals surface area (Å²) in [6, 6.07) is -1.58. The molecule has 5 nitrogen and oxygen atoms in total. The largest absolute Gasteiger partial charge is 0.480 e. The maximum atomic E-state index is 12.8. The van der Waals surface area contributed by atoms with Gasteiger partial charge < -0.3 is 15.2 Å². The zero-order chi connectivity index (χ0) is 12.2. The molecular weight excluding hydrogens is 205 g/mol. The molecule has 0 aromatic heterocycles. The molecule has 0 heterocycles. The molecule has 0 aromatic rings. The van der Waals surface area contributed by atoms with E-state index in [0.717, 1.165) is 6.92 Å². The molecule has 0 unspecified atom stereocenters. The van der Waals surface area contributed by atoms with Crippen LogP contribution in [-0.4, -0.2) is 35.0 Å². The second-order valence-electron chi connectivity index (χ2n) is 4.14. The van der Waals surface area contributed by atoms with E-state index in [2.05, 4.69) is 0 Å². The smallest absolute Gasteiger partial charge is 0.408 e. The van der Waals surface area contributed by atoms with Gasteiger partial charge in [0.2, 0.25) is 0 Å². The zero-order valence-electron chi connectivity index (χ0n) is 9.20. The van der Waals surface area contributed by atoms with Crippen molar-refractivity contribution in [2.24, 2.45) is 0 Å². The Labute approximate surface area is 87.6 Å². The molecule has 2 N–H and O–H groups in total. The Kier molecular flexibility index (Phi) is 4.51. The summed E-state index contributed by atoms with van der Waals surface area (Å²) in [5.41, 5.74) is -0.743.